The maximum Gasteiger partial charge on any atom is 0.341 e. The van der Waals surface area contributed by atoms with Gasteiger partial charge in [0.1, 0.15) is 11.4 Å². The standard InChI is InChI=1S/C21H19BrF3N5O3.CH4O3S/c1-8(2)27-9-5-29(6-9)17-12(23)3-10-16(15(17)22)30(7-11(18(10)31)21(32)33)20-14(25)4-13(24)19(26)28-20;1-5(2,3)4/h3-4,7-9,27H,5-6H2,1-2H3,(H2,26,28)(H,32,33);1H3,(H,2,3,4). The van der Waals surface area contributed by atoms with Crippen molar-refractivity contribution in [2.24, 2.45) is 0 Å². The van der Waals surface area contributed by atoms with Gasteiger partial charge in [0.15, 0.2) is 23.3 Å². The molecule has 206 valence electrons. The summed E-state index contributed by atoms with van der Waals surface area (Å²) in [4.78, 5) is 29.9. The number of pyridine rings is 2. The number of nitrogens with zero attached hydrogens (tertiary/aromatic N) is 3. The molecule has 1 aromatic carbocycles. The fourth-order valence-corrected chi connectivity index (χ4v) is 4.74. The van der Waals surface area contributed by atoms with Gasteiger partial charge in [-0.25, -0.2) is 22.9 Å². The molecule has 0 radical (unpaired) electrons. The molecule has 0 unspecified atom stereocenters. The van der Waals surface area contributed by atoms with Crippen LogP contribution in [0.2, 0.25) is 0 Å². The smallest absolute Gasteiger partial charge is 0.341 e. The number of carboxylic acid groups (broad SMARTS) is 1. The highest BCUT2D eigenvalue weighted by Gasteiger charge is 2.32. The fraction of sp³-hybridized carbons (Fsp3) is 0.318. The lowest BCUT2D eigenvalue weighted by atomic mass is 10.0. The predicted octanol–water partition coefficient (Wildman–Crippen LogP) is 2.54. The van der Waals surface area contributed by atoms with Gasteiger partial charge >= 0.3 is 5.97 Å². The van der Waals surface area contributed by atoms with Crippen molar-refractivity contribution >= 4 is 54.4 Å². The average Bonchev–Trinajstić information content (AvgIpc) is 2.73. The van der Waals surface area contributed by atoms with Crippen LogP contribution < -0.4 is 21.4 Å². The number of halogens is 4. The number of carboxylic acids is 1. The quantitative estimate of drug-likeness (QED) is 0.311. The number of aromatic carboxylic acids is 1. The van der Waals surface area contributed by atoms with Gasteiger partial charge in [0.25, 0.3) is 10.1 Å². The number of anilines is 2. The highest BCUT2D eigenvalue weighted by atomic mass is 79.9. The highest BCUT2D eigenvalue weighted by Crippen LogP contribution is 2.39. The average molecular weight is 622 g/mol. The van der Waals surface area contributed by atoms with Gasteiger partial charge in [0.2, 0.25) is 5.43 Å². The lowest BCUT2D eigenvalue weighted by Crippen LogP contribution is -2.59. The van der Waals surface area contributed by atoms with Gasteiger partial charge in [-0.15, -0.1) is 0 Å². The monoisotopic (exact) mass is 621 g/mol. The molecule has 11 nitrogen and oxygen atoms in total. The van der Waals surface area contributed by atoms with Crippen molar-refractivity contribution in [3.63, 3.8) is 0 Å². The molecule has 0 saturated carbocycles. The highest BCUT2D eigenvalue weighted by molar-refractivity contribution is 9.10. The molecule has 16 heteroatoms. The lowest BCUT2D eigenvalue weighted by molar-refractivity contribution is 0.0695. The van der Waals surface area contributed by atoms with E-state index in [1.54, 1.807) is 4.90 Å². The second kappa shape index (κ2) is 10.9. The van der Waals surface area contributed by atoms with E-state index in [-0.39, 0.29) is 33.1 Å². The van der Waals surface area contributed by atoms with Crippen molar-refractivity contribution in [3.8, 4) is 5.82 Å². The third kappa shape index (κ3) is 6.25. The van der Waals surface area contributed by atoms with Crippen LogP contribution in [0.5, 0.6) is 0 Å². The first-order chi connectivity index (χ1) is 17.5. The van der Waals surface area contributed by atoms with E-state index in [0.717, 1.165) is 16.8 Å². The van der Waals surface area contributed by atoms with Gasteiger partial charge in [-0.3, -0.25) is 13.9 Å². The Bertz CT molecular complexity index is 1590. The minimum atomic E-state index is -3.67. The Labute approximate surface area is 222 Å². The summed E-state index contributed by atoms with van der Waals surface area (Å²) in [6, 6.07) is 1.77. The number of nitrogen functional groups attached to an aromatic ring is 1. The normalized spacial score (nSPS) is 13.9. The number of rotatable bonds is 5. The summed E-state index contributed by atoms with van der Waals surface area (Å²) in [5, 5.41) is 12.5. The van der Waals surface area contributed by atoms with Gasteiger partial charge in [-0.1, -0.05) is 13.8 Å². The van der Waals surface area contributed by atoms with E-state index in [9.17, 15) is 31.9 Å². The first kappa shape index (κ1) is 29.3. The zero-order valence-electron chi connectivity index (χ0n) is 20.2. The molecule has 4 rings (SSSR count). The van der Waals surface area contributed by atoms with Crippen LogP contribution in [0.25, 0.3) is 16.7 Å². The summed E-state index contributed by atoms with van der Waals surface area (Å²) in [5.74, 6) is -5.77. The number of aromatic nitrogens is 2. The molecule has 1 fully saturated rings. The Balaban J connectivity index is 0.000000732. The third-order valence-corrected chi connectivity index (χ3v) is 6.07. The fourth-order valence-electron chi connectivity index (χ4n) is 3.89. The molecule has 2 aromatic heterocycles. The van der Waals surface area contributed by atoms with E-state index in [0.29, 0.717) is 25.4 Å². The zero-order valence-corrected chi connectivity index (χ0v) is 22.6. The van der Waals surface area contributed by atoms with Crippen molar-refractivity contribution in [1.82, 2.24) is 14.9 Å². The van der Waals surface area contributed by atoms with E-state index in [2.05, 4.69) is 26.2 Å². The number of hydrogen-bond acceptors (Lipinski definition) is 8. The minimum Gasteiger partial charge on any atom is -0.477 e. The largest absolute Gasteiger partial charge is 0.477 e. The van der Waals surface area contributed by atoms with Crippen LogP contribution >= 0.6 is 15.9 Å². The Morgan fingerprint density at radius 2 is 1.79 bits per heavy atom. The lowest BCUT2D eigenvalue weighted by Gasteiger charge is -2.43. The molecule has 3 aromatic rings. The van der Waals surface area contributed by atoms with Crippen molar-refractivity contribution in [3.05, 3.63) is 56.0 Å². The summed E-state index contributed by atoms with van der Waals surface area (Å²) in [5.41, 5.74) is 3.89. The molecular formula is C22H23BrF3N5O6S. The molecular weight excluding hydrogens is 599 g/mol. The summed E-state index contributed by atoms with van der Waals surface area (Å²) in [6.45, 7) is 4.94. The molecule has 0 amide bonds. The molecule has 1 saturated heterocycles. The maximum atomic E-state index is 15.1. The first-order valence-electron chi connectivity index (χ1n) is 10.9. The van der Waals surface area contributed by atoms with Gasteiger partial charge < -0.3 is 21.1 Å². The van der Waals surface area contributed by atoms with Crippen molar-refractivity contribution in [2.45, 2.75) is 25.9 Å². The van der Waals surface area contributed by atoms with Crippen LogP contribution in [0.15, 0.2) is 27.6 Å². The van der Waals surface area contributed by atoms with Gasteiger partial charge in [0.05, 0.1) is 27.3 Å². The molecule has 0 atom stereocenters. The third-order valence-electron chi connectivity index (χ3n) is 5.32. The van der Waals surface area contributed by atoms with E-state index >= 15 is 4.39 Å². The Morgan fingerprint density at radius 1 is 1.21 bits per heavy atom. The number of nitrogens with two attached hydrogens (primary N) is 1. The maximum absolute atomic E-state index is 15.1. The van der Waals surface area contributed by atoms with E-state index in [1.165, 1.54) is 0 Å². The number of hydrogen-bond donors (Lipinski definition) is 4. The summed E-state index contributed by atoms with van der Waals surface area (Å²) in [7, 11) is -3.67. The number of nitrogens with one attached hydrogen (secondary N) is 1. The SMILES string of the molecule is CC(C)NC1CN(c2c(F)cc3c(=O)c(C(=O)O)cn(-c4nc(N)c(F)cc4F)c3c2Br)C1.CS(=O)(=O)O. The number of fused-ring (bicyclic) bond motifs is 1. The molecule has 1 aliphatic rings. The van der Waals surface area contributed by atoms with Crippen molar-refractivity contribution < 1.29 is 36.0 Å². The van der Waals surface area contributed by atoms with Crippen molar-refractivity contribution in [2.75, 3.05) is 30.0 Å². The van der Waals surface area contributed by atoms with E-state index < -0.39 is 56.2 Å². The second-order valence-corrected chi connectivity index (χ2v) is 11.0. The molecule has 1 aliphatic heterocycles. The predicted molar refractivity (Wildman–Crippen MR) is 138 cm³/mol. The van der Waals surface area contributed by atoms with Gasteiger partial charge in [-0.2, -0.15) is 8.42 Å². The Hall–Kier alpha value is -3.21. The van der Waals surface area contributed by atoms with Crippen LogP contribution in [0, 0.1) is 17.5 Å². The van der Waals surface area contributed by atoms with Crippen LogP contribution in [-0.2, 0) is 10.1 Å². The molecule has 0 bridgehead atoms. The Kier molecular flexibility index (Phi) is 8.40. The molecule has 3 heterocycles. The molecule has 38 heavy (non-hydrogen) atoms. The topological polar surface area (TPSA) is 168 Å². The van der Waals surface area contributed by atoms with Gasteiger partial charge in [0, 0.05) is 37.4 Å². The van der Waals surface area contributed by atoms with Crippen LogP contribution in [0.4, 0.5) is 24.7 Å². The van der Waals surface area contributed by atoms with E-state index in [4.69, 9.17) is 10.3 Å². The zero-order chi connectivity index (χ0) is 28.7. The van der Waals surface area contributed by atoms with Crippen molar-refractivity contribution in [1.29, 1.82) is 0 Å². The summed E-state index contributed by atoms with van der Waals surface area (Å²) in [6.07, 6.45) is 1.58. The van der Waals surface area contributed by atoms with Crippen LogP contribution in [0.3, 0.4) is 0 Å². The number of carbonyl (C=O) groups is 1. The molecule has 0 aliphatic carbocycles. The second-order valence-electron chi connectivity index (χ2n) is 8.78. The minimum absolute atomic E-state index is 0.0286. The molecule has 5 N–H and O–H groups in total. The Morgan fingerprint density at radius 3 is 2.32 bits per heavy atom. The number of benzene rings is 1. The summed E-state index contributed by atoms with van der Waals surface area (Å²) < 4.78 is 70.4. The summed E-state index contributed by atoms with van der Waals surface area (Å²) >= 11 is 3.32. The first-order valence-corrected chi connectivity index (χ1v) is 13.5. The van der Waals surface area contributed by atoms with Crippen LogP contribution in [-0.4, -0.2) is 65.0 Å². The van der Waals surface area contributed by atoms with Crippen LogP contribution in [0.1, 0.15) is 24.2 Å². The molecule has 0 spiro atoms. The van der Waals surface area contributed by atoms with Gasteiger partial charge in [-0.05, 0) is 22.0 Å². The van der Waals surface area contributed by atoms with E-state index in [1.807, 2.05) is 13.8 Å².